The van der Waals surface area contributed by atoms with Gasteiger partial charge in [0, 0.05) is 24.7 Å². The van der Waals surface area contributed by atoms with Crippen LogP contribution >= 0.6 is 0 Å². The summed E-state index contributed by atoms with van der Waals surface area (Å²) in [5.74, 6) is 1.05. The summed E-state index contributed by atoms with van der Waals surface area (Å²) in [5.41, 5.74) is 6.70. The van der Waals surface area contributed by atoms with Crippen LogP contribution in [0.1, 0.15) is 59.3 Å². The Hall–Kier alpha value is -0.120. The number of nitrogens with two attached hydrogens (primary N) is 1. The zero-order valence-corrected chi connectivity index (χ0v) is 12.9. The van der Waals surface area contributed by atoms with Crippen molar-refractivity contribution in [1.29, 1.82) is 0 Å². The van der Waals surface area contributed by atoms with Gasteiger partial charge in [-0.05, 0) is 49.4 Å². The molecule has 2 saturated carbocycles. The number of aliphatic hydroxyl groups excluding tert-OH is 1. The monoisotopic (exact) mass is 268 g/mol. The predicted octanol–water partition coefficient (Wildman–Crippen LogP) is 2.28. The van der Waals surface area contributed by atoms with Crippen LogP contribution in [0.5, 0.6) is 0 Å². The quantitative estimate of drug-likeness (QED) is 0.733. The van der Waals surface area contributed by atoms with E-state index in [1.54, 1.807) is 0 Å². The molecule has 0 saturated heterocycles. The van der Waals surface area contributed by atoms with Gasteiger partial charge >= 0.3 is 0 Å². The van der Waals surface area contributed by atoms with Gasteiger partial charge in [-0.1, -0.05) is 27.2 Å². The Balaban J connectivity index is 2.06. The molecule has 0 aromatic carbocycles. The van der Waals surface area contributed by atoms with Crippen LogP contribution < -0.4 is 11.1 Å². The van der Waals surface area contributed by atoms with E-state index >= 15 is 0 Å². The lowest BCUT2D eigenvalue weighted by Crippen LogP contribution is -2.62. The Morgan fingerprint density at radius 2 is 2.00 bits per heavy atom. The molecule has 2 rings (SSSR count). The molecule has 0 radical (unpaired) electrons. The second-order valence-corrected chi connectivity index (χ2v) is 7.75. The van der Waals surface area contributed by atoms with E-state index in [-0.39, 0.29) is 5.54 Å². The van der Waals surface area contributed by atoms with Crippen LogP contribution in [0.4, 0.5) is 0 Å². The lowest BCUT2D eigenvalue weighted by molar-refractivity contribution is 0.0598. The number of rotatable bonds is 4. The highest BCUT2D eigenvalue weighted by atomic mass is 16.3. The van der Waals surface area contributed by atoms with Gasteiger partial charge in [-0.3, -0.25) is 0 Å². The lowest BCUT2D eigenvalue weighted by atomic mass is 9.63. The zero-order valence-electron chi connectivity index (χ0n) is 12.9. The summed E-state index contributed by atoms with van der Waals surface area (Å²) in [4.78, 5) is 0. The number of nitrogens with one attached hydrogen (secondary N) is 1. The van der Waals surface area contributed by atoms with E-state index in [4.69, 9.17) is 5.73 Å². The summed E-state index contributed by atoms with van der Waals surface area (Å²) in [7, 11) is 0. The number of hydrogen-bond acceptors (Lipinski definition) is 3. The van der Waals surface area contributed by atoms with Gasteiger partial charge in [-0.2, -0.15) is 0 Å². The van der Waals surface area contributed by atoms with Crippen molar-refractivity contribution in [3.8, 4) is 0 Å². The molecule has 0 aliphatic heterocycles. The van der Waals surface area contributed by atoms with Gasteiger partial charge in [0.1, 0.15) is 0 Å². The molecule has 0 aromatic heterocycles. The summed E-state index contributed by atoms with van der Waals surface area (Å²) < 4.78 is 0. The molecule has 2 aliphatic carbocycles. The van der Waals surface area contributed by atoms with Crippen LogP contribution in [0.25, 0.3) is 0 Å². The summed E-state index contributed by atoms with van der Waals surface area (Å²) in [6.07, 6.45) is 7.26. The summed E-state index contributed by atoms with van der Waals surface area (Å²) in [5, 5.41) is 13.4. The molecule has 112 valence electrons. The van der Waals surface area contributed by atoms with Crippen LogP contribution in [0.15, 0.2) is 0 Å². The smallest absolute Gasteiger partial charge is 0.0474 e. The SMILES string of the molecule is CC1CC(C)(C)CCC1(CN)NC1CCCC1CO. The summed E-state index contributed by atoms with van der Waals surface area (Å²) in [6, 6.07) is 0.470. The minimum atomic E-state index is 0.0952. The number of aliphatic hydroxyl groups is 1. The van der Waals surface area contributed by atoms with Crippen LogP contribution in [0.2, 0.25) is 0 Å². The molecule has 4 unspecified atom stereocenters. The van der Waals surface area contributed by atoms with Gasteiger partial charge in [0.05, 0.1) is 0 Å². The van der Waals surface area contributed by atoms with Crippen molar-refractivity contribution in [2.75, 3.05) is 13.2 Å². The van der Waals surface area contributed by atoms with Gasteiger partial charge in [0.25, 0.3) is 0 Å². The fourth-order valence-electron chi connectivity index (χ4n) is 4.33. The fraction of sp³-hybridized carbons (Fsp3) is 1.00. The van der Waals surface area contributed by atoms with Gasteiger partial charge in [-0.25, -0.2) is 0 Å². The number of hydrogen-bond donors (Lipinski definition) is 3. The van der Waals surface area contributed by atoms with Crippen LogP contribution in [0, 0.1) is 17.3 Å². The van der Waals surface area contributed by atoms with E-state index < -0.39 is 0 Å². The van der Waals surface area contributed by atoms with Crippen LogP contribution in [0.3, 0.4) is 0 Å². The minimum absolute atomic E-state index is 0.0952. The summed E-state index contributed by atoms with van der Waals surface area (Å²) >= 11 is 0. The Kier molecular flexibility index (Phi) is 4.59. The minimum Gasteiger partial charge on any atom is -0.396 e. The van der Waals surface area contributed by atoms with E-state index in [1.165, 1.54) is 32.1 Å². The normalized spacial score (nSPS) is 42.5. The van der Waals surface area contributed by atoms with Crippen molar-refractivity contribution in [3.05, 3.63) is 0 Å². The molecule has 0 spiro atoms. The fourth-order valence-corrected chi connectivity index (χ4v) is 4.33. The molecule has 2 fully saturated rings. The highest BCUT2D eigenvalue weighted by molar-refractivity contribution is 5.03. The van der Waals surface area contributed by atoms with Crippen LogP contribution in [-0.2, 0) is 0 Å². The molecular formula is C16H32N2O. The molecule has 2 aliphatic rings. The van der Waals surface area contributed by atoms with Gasteiger partial charge in [0.15, 0.2) is 0 Å². The maximum Gasteiger partial charge on any atom is 0.0474 e. The predicted molar refractivity (Wildman–Crippen MR) is 79.9 cm³/mol. The van der Waals surface area contributed by atoms with Crippen molar-refractivity contribution < 1.29 is 5.11 Å². The molecule has 4 atom stereocenters. The largest absolute Gasteiger partial charge is 0.396 e. The van der Waals surface area contributed by atoms with Crippen molar-refractivity contribution in [2.45, 2.75) is 70.9 Å². The third-order valence-electron chi connectivity index (χ3n) is 5.78. The van der Waals surface area contributed by atoms with Gasteiger partial charge < -0.3 is 16.2 Å². The molecule has 4 N–H and O–H groups in total. The first-order chi connectivity index (χ1) is 8.92. The maximum atomic E-state index is 9.50. The molecule has 0 amide bonds. The molecule has 0 heterocycles. The van der Waals surface area contributed by atoms with Crippen LogP contribution in [-0.4, -0.2) is 29.8 Å². The van der Waals surface area contributed by atoms with Crippen molar-refractivity contribution in [2.24, 2.45) is 23.0 Å². The Morgan fingerprint density at radius 3 is 2.58 bits per heavy atom. The second-order valence-electron chi connectivity index (χ2n) is 7.75. The maximum absolute atomic E-state index is 9.50. The second kappa shape index (κ2) is 5.71. The first-order valence-corrected chi connectivity index (χ1v) is 8.01. The van der Waals surface area contributed by atoms with E-state index in [9.17, 15) is 5.11 Å². The average molecular weight is 268 g/mol. The van der Waals surface area contributed by atoms with Crippen molar-refractivity contribution in [1.82, 2.24) is 5.32 Å². The first-order valence-electron chi connectivity index (χ1n) is 8.01. The third kappa shape index (κ3) is 3.14. The molecule has 0 aromatic rings. The topological polar surface area (TPSA) is 58.3 Å². The zero-order chi connectivity index (χ0) is 14.1. The summed E-state index contributed by atoms with van der Waals surface area (Å²) in [6.45, 7) is 8.13. The van der Waals surface area contributed by atoms with Crippen molar-refractivity contribution >= 4 is 0 Å². The molecule has 19 heavy (non-hydrogen) atoms. The average Bonchev–Trinajstić information content (AvgIpc) is 2.79. The molecule has 3 nitrogen and oxygen atoms in total. The third-order valence-corrected chi connectivity index (χ3v) is 5.78. The Morgan fingerprint density at radius 1 is 1.26 bits per heavy atom. The van der Waals surface area contributed by atoms with Crippen molar-refractivity contribution in [3.63, 3.8) is 0 Å². The van der Waals surface area contributed by atoms with E-state index in [2.05, 4.69) is 26.1 Å². The molecule has 0 bridgehead atoms. The Labute approximate surface area is 118 Å². The Bertz CT molecular complexity index is 305. The highest BCUT2D eigenvalue weighted by Crippen LogP contribution is 2.44. The van der Waals surface area contributed by atoms with Gasteiger partial charge in [-0.15, -0.1) is 0 Å². The molecular weight excluding hydrogens is 236 g/mol. The van der Waals surface area contributed by atoms with E-state index in [1.807, 2.05) is 0 Å². The van der Waals surface area contributed by atoms with Gasteiger partial charge in [0.2, 0.25) is 0 Å². The molecule has 3 heteroatoms. The standard InChI is InChI=1S/C16H32N2O/c1-12-9-15(2,3)7-8-16(12,11-17)18-14-6-4-5-13(14)10-19/h12-14,18-19H,4-11,17H2,1-3H3. The lowest BCUT2D eigenvalue weighted by Gasteiger charge is -2.50. The first kappa shape index (κ1) is 15.3. The van der Waals surface area contributed by atoms with E-state index in [0.29, 0.717) is 29.9 Å². The van der Waals surface area contributed by atoms with E-state index in [0.717, 1.165) is 13.0 Å². The highest BCUT2D eigenvalue weighted by Gasteiger charge is 2.45.